The zero-order valence-corrected chi connectivity index (χ0v) is 9.28. The Morgan fingerprint density at radius 2 is 2.07 bits per heavy atom. The van der Waals surface area contributed by atoms with E-state index in [4.69, 9.17) is 5.73 Å². The summed E-state index contributed by atoms with van der Waals surface area (Å²) in [5.74, 6) is 0.322. The summed E-state index contributed by atoms with van der Waals surface area (Å²) in [7, 11) is 0. The van der Waals surface area contributed by atoms with E-state index in [1.807, 2.05) is 39.0 Å². The van der Waals surface area contributed by atoms with Crippen molar-refractivity contribution in [3.05, 3.63) is 29.3 Å². The fourth-order valence-corrected chi connectivity index (χ4v) is 2.01. The van der Waals surface area contributed by atoms with Crippen LogP contribution in [0.25, 0.3) is 0 Å². The molecule has 1 unspecified atom stereocenters. The second-order valence-electron chi connectivity index (χ2n) is 4.44. The fraction of sp³-hybridized carbons (Fsp3) is 0.417. The molecule has 0 aliphatic carbocycles. The number of amidine groups is 1. The molecule has 80 valence electrons. The standard InChI is InChI=1S/C12H16N2O/c1-7(2)12(15)9-6-8(3)4-5-10(9)14-11(12)13/h4-7,15H,1-3H3,(H2,13,14). The third-order valence-electron chi connectivity index (χ3n) is 3.03. The zero-order valence-electron chi connectivity index (χ0n) is 9.28. The molecule has 15 heavy (non-hydrogen) atoms. The van der Waals surface area contributed by atoms with E-state index in [-0.39, 0.29) is 5.92 Å². The predicted octanol–water partition coefficient (Wildman–Crippen LogP) is 1.84. The molecular weight excluding hydrogens is 188 g/mol. The van der Waals surface area contributed by atoms with Crippen LogP contribution < -0.4 is 5.73 Å². The third kappa shape index (κ3) is 1.27. The van der Waals surface area contributed by atoms with E-state index in [2.05, 4.69) is 4.99 Å². The minimum atomic E-state index is -1.10. The van der Waals surface area contributed by atoms with Gasteiger partial charge >= 0.3 is 0 Å². The molecule has 0 spiro atoms. The molecule has 0 saturated heterocycles. The summed E-state index contributed by atoms with van der Waals surface area (Å²) < 4.78 is 0. The maximum absolute atomic E-state index is 10.6. The van der Waals surface area contributed by atoms with E-state index < -0.39 is 5.60 Å². The molecule has 1 heterocycles. The first-order chi connectivity index (χ1) is 6.96. The molecule has 1 aromatic rings. The molecule has 1 atom stereocenters. The number of hydrogen-bond donors (Lipinski definition) is 2. The predicted molar refractivity (Wildman–Crippen MR) is 61.2 cm³/mol. The summed E-state index contributed by atoms with van der Waals surface area (Å²) in [6, 6.07) is 5.83. The number of aliphatic hydroxyl groups is 1. The summed E-state index contributed by atoms with van der Waals surface area (Å²) in [5, 5.41) is 10.6. The van der Waals surface area contributed by atoms with Gasteiger partial charge < -0.3 is 10.8 Å². The molecule has 0 aromatic heterocycles. The van der Waals surface area contributed by atoms with Crippen LogP contribution in [0.5, 0.6) is 0 Å². The van der Waals surface area contributed by atoms with Crippen LogP contribution in [0, 0.1) is 12.8 Å². The highest BCUT2D eigenvalue weighted by Gasteiger charge is 2.43. The minimum Gasteiger partial charge on any atom is -0.384 e. The van der Waals surface area contributed by atoms with Crippen LogP contribution in [0.15, 0.2) is 23.2 Å². The maximum Gasteiger partial charge on any atom is 0.151 e. The Morgan fingerprint density at radius 3 is 2.67 bits per heavy atom. The Morgan fingerprint density at radius 1 is 1.40 bits per heavy atom. The first kappa shape index (κ1) is 10.2. The quantitative estimate of drug-likeness (QED) is 0.733. The first-order valence-corrected chi connectivity index (χ1v) is 5.14. The van der Waals surface area contributed by atoms with Gasteiger partial charge in [0.1, 0.15) is 5.84 Å². The number of rotatable bonds is 1. The third-order valence-corrected chi connectivity index (χ3v) is 3.03. The largest absolute Gasteiger partial charge is 0.384 e. The molecular formula is C12H16N2O. The van der Waals surface area contributed by atoms with Gasteiger partial charge in [0.2, 0.25) is 0 Å². The summed E-state index contributed by atoms with van der Waals surface area (Å²) in [4.78, 5) is 4.21. The van der Waals surface area contributed by atoms with Crippen LogP contribution in [-0.2, 0) is 5.60 Å². The number of aliphatic imine (C=N–C) groups is 1. The molecule has 3 nitrogen and oxygen atoms in total. The Hall–Kier alpha value is -1.35. The Balaban J connectivity index is 2.64. The van der Waals surface area contributed by atoms with Crippen LogP contribution in [-0.4, -0.2) is 10.9 Å². The molecule has 0 amide bonds. The van der Waals surface area contributed by atoms with Crippen molar-refractivity contribution in [3.8, 4) is 0 Å². The number of aryl methyl sites for hydroxylation is 1. The smallest absolute Gasteiger partial charge is 0.151 e. The van der Waals surface area contributed by atoms with Crippen molar-refractivity contribution < 1.29 is 5.11 Å². The van der Waals surface area contributed by atoms with Crippen molar-refractivity contribution in [2.24, 2.45) is 16.6 Å². The number of fused-ring (bicyclic) bond motifs is 1. The van der Waals surface area contributed by atoms with Crippen molar-refractivity contribution in [2.45, 2.75) is 26.4 Å². The molecule has 1 aromatic carbocycles. The lowest BCUT2D eigenvalue weighted by Gasteiger charge is -2.28. The van der Waals surface area contributed by atoms with Crippen molar-refractivity contribution in [3.63, 3.8) is 0 Å². The molecule has 1 aliphatic rings. The lowest BCUT2D eigenvalue weighted by Crippen LogP contribution is -2.43. The van der Waals surface area contributed by atoms with Gasteiger partial charge in [0.05, 0.1) is 5.69 Å². The first-order valence-electron chi connectivity index (χ1n) is 5.14. The molecule has 0 fully saturated rings. The van der Waals surface area contributed by atoms with E-state index in [0.717, 1.165) is 16.8 Å². The van der Waals surface area contributed by atoms with Crippen molar-refractivity contribution in [2.75, 3.05) is 0 Å². The Labute approximate surface area is 89.6 Å². The number of benzene rings is 1. The van der Waals surface area contributed by atoms with Gasteiger partial charge in [-0.05, 0) is 18.9 Å². The van der Waals surface area contributed by atoms with E-state index >= 15 is 0 Å². The lowest BCUT2D eigenvalue weighted by molar-refractivity contribution is 0.0636. The van der Waals surface area contributed by atoms with Gasteiger partial charge in [0, 0.05) is 5.56 Å². The van der Waals surface area contributed by atoms with Crippen LogP contribution in [0.2, 0.25) is 0 Å². The molecule has 0 bridgehead atoms. The summed E-state index contributed by atoms with van der Waals surface area (Å²) in [6.07, 6.45) is 0. The number of nitrogens with two attached hydrogens (primary N) is 1. The van der Waals surface area contributed by atoms with Gasteiger partial charge in [-0.2, -0.15) is 0 Å². The average Bonchev–Trinajstić information content (AvgIpc) is 2.42. The highest BCUT2D eigenvalue weighted by Crippen LogP contribution is 2.42. The molecule has 1 aliphatic heterocycles. The Bertz CT molecular complexity index is 437. The molecule has 2 rings (SSSR count). The van der Waals surface area contributed by atoms with Crippen molar-refractivity contribution in [1.29, 1.82) is 0 Å². The van der Waals surface area contributed by atoms with Gasteiger partial charge in [-0.1, -0.05) is 31.5 Å². The molecule has 0 radical (unpaired) electrons. The van der Waals surface area contributed by atoms with Gasteiger partial charge in [-0.3, -0.25) is 0 Å². The van der Waals surface area contributed by atoms with Crippen molar-refractivity contribution in [1.82, 2.24) is 0 Å². The van der Waals surface area contributed by atoms with Crippen LogP contribution in [0.1, 0.15) is 25.0 Å². The van der Waals surface area contributed by atoms with Gasteiger partial charge in [-0.25, -0.2) is 4.99 Å². The normalized spacial score (nSPS) is 24.2. The fourth-order valence-electron chi connectivity index (χ4n) is 2.01. The molecule has 3 N–H and O–H groups in total. The van der Waals surface area contributed by atoms with Gasteiger partial charge in [-0.15, -0.1) is 0 Å². The van der Waals surface area contributed by atoms with Crippen molar-refractivity contribution >= 4 is 11.5 Å². The molecule has 0 saturated carbocycles. The zero-order chi connectivity index (χ0) is 11.2. The number of nitrogens with zero attached hydrogens (tertiary/aromatic N) is 1. The average molecular weight is 204 g/mol. The monoisotopic (exact) mass is 204 g/mol. The highest BCUT2D eigenvalue weighted by molar-refractivity contribution is 5.97. The molecule has 3 heteroatoms. The minimum absolute atomic E-state index is 0.0179. The van der Waals surface area contributed by atoms with E-state index in [1.54, 1.807) is 0 Å². The van der Waals surface area contributed by atoms with Crippen LogP contribution >= 0.6 is 0 Å². The van der Waals surface area contributed by atoms with Gasteiger partial charge in [0.15, 0.2) is 5.60 Å². The highest BCUT2D eigenvalue weighted by atomic mass is 16.3. The second-order valence-corrected chi connectivity index (χ2v) is 4.44. The SMILES string of the molecule is Cc1ccc2c(c1)C(O)(C(C)C)C(N)=N2. The summed E-state index contributed by atoms with van der Waals surface area (Å²) >= 11 is 0. The van der Waals surface area contributed by atoms with Crippen LogP contribution in [0.3, 0.4) is 0 Å². The van der Waals surface area contributed by atoms with E-state index in [0.29, 0.717) is 5.84 Å². The lowest BCUT2D eigenvalue weighted by atomic mass is 9.83. The number of hydrogen-bond acceptors (Lipinski definition) is 3. The van der Waals surface area contributed by atoms with Crippen LogP contribution in [0.4, 0.5) is 5.69 Å². The Kier molecular flexibility index (Phi) is 2.08. The van der Waals surface area contributed by atoms with E-state index in [1.165, 1.54) is 0 Å². The van der Waals surface area contributed by atoms with E-state index in [9.17, 15) is 5.11 Å². The second kappa shape index (κ2) is 3.07. The maximum atomic E-state index is 10.6. The summed E-state index contributed by atoms with van der Waals surface area (Å²) in [5.41, 5.74) is 7.44. The van der Waals surface area contributed by atoms with Gasteiger partial charge in [0.25, 0.3) is 0 Å². The topological polar surface area (TPSA) is 58.6 Å². The summed E-state index contributed by atoms with van der Waals surface area (Å²) in [6.45, 7) is 5.88.